The summed E-state index contributed by atoms with van der Waals surface area (Å²) >= 11 is 0. The normalized spacial score (nSPS) is 10.3. The van der Waals surface area contributed by atoms with Crippen LogP contribution < -0.4 is 10.1 Å². The molecule has 1 aromatic heterocycles. The van der Waals surface area contributed by atoms with E-state index in [9.17, 15) is 14.4 Å². The zero-order chi connectivity index (χ0) is 20.8. The Morgan fingerprint density at radius 3 is 2.38 bits per heavy atom. The molecule has 0 radical (unpaired) electrons. The number of hydrogen-bond donors (Lipinski definition) is 1. The lowest BCUT2D eigenvalue weighted by atomic mass is 10.1. The van der Waals surface area contributed by atoms with Gasteiger partial charge in [-0.05, 0) is 61.0 Å². The minimum atomic E-state index is -0.666. The van der Waals surface area contributed by atoms with Gasteiger partial charge >= 0.3 is 5.97 Å². The quantitative estimate of drug-likeness (QED) is 0.483. The molecule has 0 saturated heterocycles. The van der Waals surface area contributed by atoms with Crippen molar-refractivity contribution in [3.8, 4) is 5.75 Å². The Hall–Kier alpha value is -3.87. The van der Waals surface area contributed by atoms with Crippen LogP contribution in [0.15, 0.2) is 65.3 Å². The summed E-state index contributed by atoms with van der Waals surface area (Å²) in [5.74, 6) is -0.650. The number of esters is 1. The molecule has 0 spiro atoms. The Labute approximate surface area is 167 Å². The second kappa shape index (κ2) is 8.88. The highest BCUT2D eigenvalue weighted by atomic mass is 16.5. The molecule has 0 aliphatic rings. The predicted molar refractivity (Wildman–Crippen MR) is 105 cm³/mol. The standard InChI is InChI=1S/C22H19NO6/c1-14-5-6-16(12-18(14)23-21(25)20-4-3-11-28-20)22(26)29-13-19(24)15-7-9-17(27-2)10-8-15/h3-12H,13H2,1-2H3,(H,23,25). The smallest absolute Gasteiger partial charge is 0.338 e. The van der Waals surface area contributed by atoms with E-state index >= 15 is 0 Å². The predicted octanol–water partition coefficient (Wildman–Crippen LogP) is 3.89. The van der Waals surface area contributed by atoms with E-state index in [1.54, 1.807) is 49.4 Å². The highest BCUT2D eigenvalue weighted by Crippen LogP contribution is 2.19. The van der Waals surface area contributed by atoms with Crippen LogP contribution in [-0.4, -0.2) is 31.4 Å². The van der Waals surface area contributed by atoms with Gasteiger partial charge in [0.05, 0.1) is 18.9 Å². The van der Waals surface area contributed by atoms with Gasteiger partial charge in [-0.3, -0.25) is 9.59 Å². The van der Waals surface area contributed by atoms with Gasteiger partial charge in [-0.1, -0.05) is 6.07 Å². The molecule has 0 saturated carbocycles. The van der Waals surface area contributed by atoms with E-state index in [1.165, 1.54) is 25.5 Å². The van der Waals surface area contributed by atoms with E-state index in [2.05, 4.69) is 5.32 Å². The first-order valence-corrected chi connectivity index (χ1v) is 8.78. The molecule has 1 heterocycles. The van der Waals surface area contributed by atoms with Crippen LogP contribution in [0, 0.1) is 6.92 Å². The number of ether oxygens (including phenoxy) is 2. The fraction of sp³-hybridized carbons (Fsp3) is 0.136. The van der Waals surface area contributed by atoms with E-state index in [1.807, 2.05) is 0 Å². The third-order valence-electron chi connectivity index (χ3n) is 4.21. The molecule has 3 rings (SSSR count). The number of carbonyl (C=O) groups excluding carboxylic acids is 3. The Balaban J connectivity index is 1.64. The summed E-state index contributed by atoms with van der Waals surface area (Å²) < 4.78 is 15.2. The molecule has 0 fully saturated rings. The van der Waals surface area contributed by atoms with Crippen molar-refractivity contribution < 1.29 is 28.3 Å². The van der Waals surface area contributed by atoms with Crippen LogP contribution in [0.2, 0.25) is 0 Å². The molecular formula is C22H19NO6. The van der Waals surface area contributed by atoms with Gasteiger partial charge in [-0.2, -0.15) is 0 Å². The van der Waals surface area contributed by atoms with Crippen molar-refractivity contribution in [2.75, 3.05) is 19.0 Å². The van der Waals surface area contributed by atoms with Gasteiger partial charge in [0.15, 0.2) is 18.2 Å². The van der Waals surface area contributed by atoms with Crippen LogP contribution in [0.5, 0.6) is 5.75 Å². The van der Waals surface area contributed by atoms with Gasteiger partial charge < -0.3 is 19.2 Å². The molecule has 1 amide bonds. The van der Waals surface area contributed by atoms with Crippen LogP contribution >= 0.6 is 0 Å². The van der Waals surface area contributed by atoms with E-state index in [0.717, 1.165) is 5.56 Å². The van der Waals surface area contributed by atoms with Gasteiger partial charge in [-0.15, -0.1) is 0 Å². The zero-order valence-corrected chi connectivity index (χ0v) is 15.9. The van der Waals surface area contributed by atoms with E-state index in [0.29, 0.717) is 17.0 Å². The molecule has 7 nitrogen and oxygen atoms in total. The lowest BCUT2D eigenvalue weighted by Gasteiger charge is -2.10. The highest BCUT2D eigenvalue weighted by molar-refractivity contribution is 6.04. The number of furan rings is 1. The summed E-state index contributed by atoms with van der Waals surface area (Å²) in [6, 6.07) is 14.4. The molecule has 148 valence electrons. The summed E-state index contributed by atoms with van der Waals surface area (Å²) in [6.45, 7) is 1.40. The summed E-state index contributed by atoms with van der Waals surface area (Å²) in [7, 11) is 1.53. The number of methoxy groups -OCH3 is 1. The number of aryl methyl sites for hydroxylation is 1. The Morgan fingerprint density at radius 1 is 1.00 bits per heavy atom. The molecule has 2 aromatic carbocycles. The van der Waals surface area contributed by atoms with Crippen molar-refractivity contribution in [1.82, 2.24) is 0 Å². The fourth-order valence-electron chi connectivity index (χ4n) is 2.55. The second-order valence-electron chi connectivity index (χ2n) is 6.19. The van der Waals surface area contributed by atoms with Crippen LogP contribution in [0.1, 0.15) is 36.8 Å². The molecule has 0 unspecified atom stereocenters. The maximum atomic E-state index is 12.3. The van der Waals surface area contributed by atoms with Crippen LogP contribution in [-0.2, 0) is 4.74 Å². The minimum Gasteiger partial charge on any atom is -0.497 e. The van der Waals surface area contributed by atoms with Gasteiger partial charge in [0.2, 0.25) is 0 Å². The molecule has 0 aliphatic heterocycles. The monoisotopic (exact) mass is 393 g/mol. The Morgan fingerprint density at radius 2 is 1.72 bits per heavy atom. The molecule has 0 bridgehead atoms. The van der Waals surface area contributed by atoms with Crippen LogP contribution in [0.25, 0.3) is 0 Å². The van der Waals surface area contributed by atoms with Gasteiger partial charge in [0.25, 0.3) is 5.91 Å². The van der Waals surface area contributed by atoms with Crippen molar-refractivity contribution in [3.63, 3.8) is 0 Å². The van der Waals surface area contributed by atoms with E-state index in [-0.39, 0.29) is 17.1 Å². The van der Waals surface area contributed by atoms with E-state index in [4.69, 9.17) is 13.9 Å². The van der Waals surface area contributed by atoms with Gasteiger partial charge in [0.1, 0.15) is 5.75 Å². The molecule has 0 aliphatic carbocycles. The SMILES string of the molecule is COc1ccc(C(=O)COC(=O)c2ccc(C)c(NC(=O)c3ccco3)c2)cc1. The van der Waals surface area contributed by atoms with Crippen molar-refractivity contribution in [1.29, 1.82) is 0 Å². The number of benzene rings is 2. The lowest BCUT2D eigenvalue weighted by Crippen LogP contribution is -2.16. The first kappa shape index (κ1) is 19.9. The Bertz CT molecular complexity index is 1020. The molecule has 7 heteroatoms. The summed E-state index contributed by atoms with van der Waals surface area (Å²) in [5, 5.41) is 2.69. The van der Waals surface area contributed by atoms with Crippen molar-refractivity contribution in [3.05, 3.63) is 83.3 Å². The molecule has 1 N–H and O–H groups in total. The largest absolute Gasteiger partial charge is 0.497 e. The second-order valence-corrected chi connectivity index (χ2v) is 6.19. The first-order chi connectivity index (χ1) is 14.0. The topological polar surface area (TPSA) is 94.8 Å². The Kier molecular flexibility index (Phi) is 6.09. The molecule has 3 aromatic rings. The van der Waals surface area contributed by atoms with Crippen molar-refractivity contribution in [2.24, 2.45) is 0 Å². The maximum Gasteiger partial charge on any atom is 0.338 e. The lowest BCUT2D eigenvalue weighted by molar-refractivity contribution is 0.0474. The van der Waals surface area contributed by atoms with Gasteiger partial charge in [0, 0.05) is 11.3 Å². The average molecular weight is 393 g/mol. The van der Waals surface area contributed by atoms with Crippen LogP contribution in [0.4, 0.5) is 5.69 Å². The number of anilines is 1. The summed E-state index contributed by atoms with van der Waals surface area (Å²) in [4.78, 5) is 36.7. The third kappa shape index (κ3) is 4.90. The van der Waals surface area contributed by atoms with Crippen molar-refractivity contribution >= 4 is 23.3 Å². The van der Waals surface area contributed by atoms with Gasteiger partial charge in [-0.25, -0.2) is 4.79 Å². The zero-order valence-electron chi connectivity index (χ0n) is 15.9. The number of Topliss-reactive ketones (excluding diaryl/α,β-unsaturated/α-hetero) is 1. The fourth-order valence-corrected chi connectivity index (χ4v) is 2.55. The van der Waals surface area contributed by atoms with Crippen molar-refractivity contribution in [2.45, 2.75) is 6.92 Å². The number of ketones is 1. The number of rotatable bonds is 7. The first-order valence-electron chi connectivity index (χ1n) is 8.78. The van der Waals surface area contributed by atoms with E-state index < -0.39 is 18.5 Å². The molecule has 0 atom stereocenters. The molecular weight excluding hydrogens is 374 g/mol. The maximum absolute atomic E-state index is 12.3. The van der Waals surface area contributed by atoms with Crippen LogP contribution in [0.3, 0.4) is 0 Å². The number of nitrogens with one attached hydrogen (secondary N) is 1. The third-order valence-corrected chi connectivity index (χ3v) is 4.21. The highest BCUT2D eigenvalue weighted by Gasteiger charge is 2.15. The number of hydrogen-bond acceptors (Lipinski definition) is 6. The average Bonchev–Trinajstić information content (AvgIpc) is 3.28. The summed E-state index contributed by atoms with van der Waals surface area (Å²) in [6.07, 6.45) is 1.40. The summed E-state index contributed by atoms with van der Waals surface area (Å²) in [5.41, 5.74) is 1.83. The minimum absolute atomic E-state index is 0.155. The molecule has 29 heavy (non-hydrogen) atoms. The number of carbonyl (C=O) groups is 3. The number of amides is 1.